The number of anilines is 1. The highest BCUT2D eigenvalue weighted by atomic mass is 32.2. The molecule has 9 heteroatoms. The molecule has 2 rings (SSSR count). The lowest BCUT2D eigenvalue weighted by atomic mass is 10.2. The SMILES string of the molecule is COc1ccc(O[C@@H](C)C(=O)Nc2ccc(S(N)(=O)=O)cc2)c(C=O)c1. The highest BCUT2D eigenvalue weighted by molar-refractivity contribution is 7.89. The van der Waals surface area contributed by atoms with Gasteiger partial charge in [-0.2, -0.15) is 0 Å². The van der Waals surface area contributed by atoms with Gasteiger partial charge in [0.15, 0.2) is 12.4 Å². The third-order valence-corrected chi connectivity index (χ3v) is 4.40. The molecule has 0 aliphatic heterocycles. The average Bonchev–Trinajstić information content (AvgIpc) is 2.61. The number of hydrogen-bond acceptors (Lipinski definition) is 6. The van der Waals surface area contributed by atoms with Crippen LogP contribution in [0.25, 0.3) is 0 Å². The number of aldehydes is 1. The van der Waals surface area contributed by atoms with Gasteiger partial charge in [-0.25, -0.2) is 13.6 Å². The Balaban J connectivity index is 2.07. The number of hydrogen-bond donors (Lipinski definition) is 2. The highest BCUT2D eigenvalue weighted by Crippen LogP contribution is 2.24. The molecule has 3 N–H and O–H groups in total. The third-order valence-electron chi connectivity index (χ3n) is 3.47. The van der Waals surface area contributed by atoms with E-state index in [2.05, 4.69) is 5.32 Å². The van der Waals surface area contributed by atoms with Crippen LogP contribution >= 0.6 is 0 Å². The number of sulfonamides is 1. The van der Waals surface area contributed by atoms with Crippen molar-refractivity contribution in [1.29, 1.82) is 0 Å². The first kappa shape index (κ1) is 19.4. The average molecular weight is 378 g/mol. The zero-order chi connectivity index (χ0) is 19.3. The molecule has 0 aromatic heterocycles. The van der Waals surface area contributed by atoms with Crippen LogP contribution in [-0.2, 0) is 14.8 Å². The summed E-state index contributed by atoms with van der Waals surface area (Å²) in [4.78, 5) is 23.3. The van der Waals surface area contributed by atoms with E-state index in [0.29, 0.717) is 17.7 Å². The lowest BCUT2D eigenvalue weighted by molar-refractivity contribution is -0.122. The first-order valence-electron chi connectivity index (χ1n) is 7.48. The van der Waals surface area contributed by atoms with Gasteiger partial charge < -0.3 is 14.8 Å². The predicted molar refractivity (Wildman–Crippen MR) is 94.9 cm³/mol. The third kappa shape index (κ3) is 4.80. The van der Waals surface area contributed by atoms with Gasteiger partial charge in [-0.05, 0) is 49.4 Å². The minimum absolute atomic E-state index is 0.0614. The number of nitrogens with two attached hydrogens (primary N) is 1. The standard InChI is InChI=1S/C17H18N2O6S/c1-11(25-16-8-5-14(24-2)9-12(16)10-20)17(21)19-13-3-6-15(7-4-13)26(18,22)23/h3-11H,1-2H3,(H,19,21)(H2,18,22,23)/t11-/m0/s1. The summed E-state index contributed by atoms with van der Waals surface area (Å²) >= 11 is 0. The second kappa shape index (κ2) is 7.98. The van der Waals surface area contributed by atoms with Crippen LogP contribution < -0.4 is 19.9 Å². The molecule has 1 atom stereocenters. The van der Waals surface area contributed by atoms with Crippen molar-refractivity contribution in [3.63, 3.8) is 0 Å². The number of carbonyl (C=O) groups is 2. The molecule has 0 aliphatic rings. The Morgan fingerprint density at radius 2 is 1.85 bits per heavy atom. The van der Waals surface area contributed by atoms with Crippen LogP contribution in [0.5, 0.6) is 11.5 Å². The van der Waals surface area contributed by atoms with Crippen molar-refractivity contribution in [2.24, 2.45) is 5.14 Å². The van der Waals surface area contributed by atoms with Gasteiger partial charge in [-0.3, -0.25) is 9.59 Å². The van der Waals surface area contributed by atoms with Crippen molar-refractivity contribution in [2.75, 3.05) is 12.4 Å². The maximum Gasteiger partial charge on any atom is 0.265 e. The van der Waals surface area contributed by atoms with Crippen molar-refractivity contribution in [3.8, 4) is 11.5 Å². The number of benzene rings is 2. The molecule has 0 aliphatic carbocycles. The van der Waals surface area contributed by atoms with Gasteiger partial charge in [0.25, 0.3) is 5.91 Å². The Morgan fingerprint density at radius 1 is 1.19 bits per heavy atom. The monoisotopic (exact) mass is 378 g/mol. The van der Waals surface area contributed by atoms with E-state index >= 15 is 0 Å². The molecule has 0 saturated carbocycles. The van der Waals surface area contributed by atoms with Crippen LogP contribution in [-0.4, -0.2) is 33.8 Å². The quantitative estimate of drug-likeness (QED) is 0.705. The van der Waals surface area contributed by atoms with Gasteiger partial charge in [0.1, 0.15) is 11.5 Å². The Morgan fingerprint density at radius 3 is 2.38 bits per heavy atom. The van der Waals surface area contributed by atoms with Gasteiger partial charge in [0.2, 0.25) is 10.0 Å². The maximum absolute atomic E-state index is 12.2. The van der Waals surface area contributed by atoms with E-state index in [4.69, 9.17) is 14.6 Å². The van der Waals surface area contributed by atoms with Crippen LogP contribution in [0.2, 0.25) is 0 Å². The number of nitrogens with one attached hydrogen (secondary N) is 1. The minimum atomic E-state index is -3.80. The molecule has 26 heavy (non-hydrogen) atoms. The largest absolute Gasteiger partial charge is 0.497 e. The number of methoxy groups -OCH3 is 1. The number of carbonyl (C=O) groups excluding carboxylic acids is 2. The van der Waals surface area contributed by atoms with Crippen molar-refractivity contribution in [3.05, 3.63) is 48.0 Å². The summed E-state index contributed by atoms with van der Waals surface area (Å²) in [6.45, 7) is 1.52. The summed E-state index contributed by atoms with van der Waals surface area (Å²) in [5.74, 6) is 0.264. The molecular weight excluding hydrogens is 360 g/mol. The Bertz CT molecular complexity index is 909. The molecule has 0 spiro atoms. The van der Waals surface area contributed by atoms with Gasteiger partial charge in [0, 0.05) is 5.69 Å². The Hall–Kier alpha value is -2.91. The maximum atomic E-state index is 12.2. The van der Waals surface area contributed by atoms with E-state index in [1.165, 1.54) is 50.4 Å². The summed E-state index contributed by atoms with van der Waals surface area (Å²) in [5, 5.41) is 7.61. The van der Waals surface area contributed by atoms with Gasteiger partial charge in [-0.1, -0.05) is 0 Å². The molecule has 0 unspecified atom stereocenters. The number of ether oxygens (including phenoxy) is 2. The van der Waals surface area contributed by atoms with Crippen LogP contribution in [0.3, 0.4) is 0 Å². The van der Waals surface area contributed by atoms with Crippen molar-refractivity contribution < 1.29 is 27.5 Å². The molecule has 8 nitrogen and oxygen atoms in total. The molecule has 0 bridgehead atoms. The van der Waals surface area contributed by atoms with Gasteiger partial charge >= 0.3 is 0 Å². The summed E-state index contributed by atoms with van der Waals surface area (Å²) in [7, 11) is -2.33. The smallest absolute Gasteiger partial charge is 0.265 e. The molecule has 1 amide bonds. The topological polar surface area (TPSA) is 125 Å². The second-order valence-electron chi connectivity index (χ2n) is 5.34. The fourth-order valence-corrected chi connectivity index (χ4v) is 2.58. The van der Waals surface area contributed by atoms with Crippen molar-refractivity contribution >= 4 is 27.9 Å². The second-order valence-corrected chi connectivity index (χ2v) is 6.90. The molecule has 0 saturated heterocycles. The van der Waals surface area contributed by atoms with Crippen LogP contribution in [0.4, 0.5) is 5.69 Å². The van der Waals surface area contributed by atoms with E-state index < -0.39 is 22.0 Å². The summed E-state index contributed by atoms with van der Waals surface area (Å²) in [6, 6.07) is 10.0. The fraction of sp³-hybridized carbons (Fsp3) is 0.176. The molecule has 0 radical (unpaired) electrons. The summed E-state index contributed by atoms with van der Waals surface area (Å²) in [6.07, 6.45) is -0.297. The molecule has 138 valence electrons. The number of rotatable bonds is 7. The fourth-order valence-electron chi connectivity index (χ4n) is 2.07. The zero-order valence-corrected chi connectivity index (χ0v) is 14.9. The first-order valence-corrected chi connectivity index (χ1v) is 9.03. The summed E-state index contributed by atoms with van der Waals surface area (Å²) in [5.41, 5.74) is 0.629. The predicted octanol–water partition coefficient (Wildman–Crippen LogP) is 1.56. The molecule has 2 aromatic rings. The van der Waals surface area contributed by atoms with E-state index in [1.54, 1.807) is 6.07 Å². The lowest BCUT2D eigenvalue weighted by Crippen LogP contribution is -2.30. The Kier molecular flexibility index (Phi) is 5.96. The van der Waals surface area contributed by atoms with Gasteiger partial charge in [-0.15, -0.1) is 0 Å². The zero-order valence-electron chi connectivity index (χ0n) is 14.1. The summed E-state index contributed by atoms with van der Waals surface area (Å²) < 4.78 is 33.0. The molecule has 0 heterocycles. The van der Waals surface area contributed by atoms with Crippen molar-refractivity contribution in [2.45, 2.75) is 17.9 Å². The minimum Gasteiger partial charge on any atom is -0.497 e. The van der Waals surface area contributed by atoms with Crippen LogP contribution in [0.15, 0.2) is 47.4 Å². The molecule has 0 fully saturated rings. The number of primary sulfonamides is 1. The molecular formula is C17H18N2O6S. The van der Waals surface area contributed by atoms with E-state index in [9.17, 15) is 18.0 Å². The van der Waals surface area contributed by atoms with E-state index in [-0.39, 0.29) is 16.2 Å². The van der Waals surface area contributed by atoms with Crippen molar-refractivity contribution in [1.82, 2.24) is 0 Å². The highest BCUT2D eigenvalue weighted by Gasteiger charge is 2.17. The first-order chi connectivity index (χ1) is 12.2. The Labute approximate surface area is 151 Å². The van der Waals surface area contributed by atoms with Crippen LogP contribution in [0, 0.1) is 0 Å². The van der Waals surface area contributed by atoms with E-state index in [1.807, 2.05) is 0 Å². The van der Waals surface area contributed by atoms with Gasteiger partial charge in [0.05, 0.1) is 17.6 Å². The lowest BCUT2D eigenvalue weighted by Gasteiger charge is -2.16. The van der Waals surface area contributed by atoms with Crippen LogP contribution in [0.1, 0.15) is 17.3 Å². The number of amides is 1. The van der Waals surface area contributed by atoms with E-state index in [0.717, 1.165) is 0 Å². The normalized spacial score (nSPS) is 12.1. The molecule has 2 aromatic carbocycles.